The number of hydrogen-bond donors (Lipinski definition) is 1. The van der Waals surface area contributed by atoms with Gasteiger partial charge in [-0.15, -0.1) is 0 Å². The van der Waals surface area contributed by atoms with E-state index in [4.69, 9.17) is 27.9 Å². The third-order valence-corrected chi connectivity index (χ3v) is 5.48. The summed E-state index contributed by atoms with van der Waals surface area (Å²) in [5.74, 6) is 0.182. The van der Waals surface area contributed by atoms with Crippen LogP contribution in [-0.4, -0.2) is 42.6 Å². The van der Waals surface area contributed by atoms with E-state index in [1.54, 1.807) is 35.4 Å². The molecule has 1 heterocycles. The zero-order chi connectivity index (χ0) is 22.2. The molecule has 1 aliphatic rings. The van der Waals surface area contributed by atoms with Crippen LogP contribution in [0.25, 0.3) is 0 Å². The number of carbonyl (C=O) groups is 2. The Morgan fingerprint density at radius 3 is 2.68 bits per heavy atom. The Hall–Kier alpha value is -2.83. The molecule has 0 aromatic heterocycles. The molecule has 8 heteroatoms. The number of likely N-dealkylation sites (tertiary alicyclic amines) is 1. The Balaban J connectivity index is 1.49. The summed E-state index contributed by atoms with van der Waals surface area (Å²) in [6.45, 7) is 4.99. The van der Waals surface area contributed by atoms with Gasteiger partial charge in [0.15, 0.2) is 0 Å². The Morgan fingerprint density at radius 2 is 1.97 bits per heavy atom. The highest BCUT2D eigenvalue weighted by Gasteiger charge is 2.28. The number of hydrogen-bond acceptors (Lipinski definition) is 4. The maximum atomic E-state index is 12.7. The molecule has 6 nitrogen and oxygen atoms in total. The highest BCUT2D eigenvalue weighted by Crippen LogP contribution is 2.25. The van der Waals surface area contributed by atoms with Crippen LogP contribution in [0.2, 0.25) is 10.0 Å². The molecule has 2 aromatic rings. The number of nitrogens with one attached hydrogen (secondary N) is 1. The standard InChI is InChI=1S/C23H23Cl2N3O3/c1-2-12-31-19-5-3-4-16(13-19)15-26-27-22(29)17-8-10-28(11-9-17)23(30)20-7-6-18(24)14-21(20)25/h2-7,13-15,17H,1,8-12H2,(H,27,29)/b26-15-. The summed E-state index contributed by atoms with van der Waals surface area (Å²) in [5, 5.41) is 4.85. The van der Waals surface area contributed by atoms with E-state index >= 15 is 0 Å². The Bertz CT molecular complexity index is 986. The van der Waals surface area contributed by atoms with Crippen LogP contribution in [-0.2, 0) is 4.79 Å². The van der Waals surface area contributed by atoms with Crippen molar-refractivity contribution in [3.05, 3.63) is 76.3 Å². The lowest BCUT2D eigenvalue weighted by atomic mass is 9.95. The number of nitrogens with zero attached hydrogens (tertiary/aromatic N) is 2. The molecule has 0 radical (unpaired) electrons. The number of benzene rings is 2. The van der Waals surface area contributed by atoms with Gasteiger partial charge < -0.3 is 9.64 Å². The SMILES string of the molecule is C=CCOc1cccc(/C=N\NC(=O)C2CCN(C(=O)c3ccc(Cl)cc3Cl)CC2)c1. The summed E-state index contributed by atoms with van der Waals surface area (Å²) in [5.41, 5.74) is 3.81. The fourth-order valence-electron chi connectivity index (χ4n) is 3.28. The predicted molar refractivity (Wildman–Crippen MR) is 123 cm³/mol. The fraction of sp³-hybridized carbons (Fsp3) is 0.261. The van der Waals surface area contributed by atoms with Crippen molar-refractivity contribution < 1.29 is 14.3 Å². The third-order valence-electron chi connectivity index (χ3n) is 4.93. The second-order valence-corrected chi connectivity index (χ2v) is 7.94. The van der Waals surface area contributed by atoms with Crippen LogP contribution in [0.15, 0.2) is 60.2 Å². The van der Waals surface area contributed by atoms with Crippen LogP contribution in [0.3, 0.4) is 0 Å². The monoisotopic (exact) mass is 459 g/mol. The molecule has 2 amide bonds. The smallest absolute Gasteiger partial charge is 0.255 e. The largest absolute Gasteiger partial charge is 0.490 e. The molecule has 1 N–H and O–H groups in total. The summed E-state index contributed by atoms with van der Waals surface area (Å²) in [4.78, 5) is 26.8. The minimum atomic E-state index is -0.204. The van der Waals surface area contributed by atoms with E-state index in [0.717, 1.165) is 5.56 Å². The van der Waals surface area contributed by atoms with Crippen molar-refractivity contribution in [1.82, 2.24) is 10.3 Å². The Morgan fingerprint density at radius 1 is 1.19 bits per heavy atom. The molecule has 0 unspecified atom stereocenters. The van der Waals surface area contributed by atoms with Gasteiger partial charge in [-0.2, -0.15) is 5.10 Å². The minimum Gasteiger partial charge on any atom is -0.490 e. The maximum absolute atomic E-state index is 12.7. The van der Waals surface area contributed by atoms with Crippen LogP contribution >= 0.6 is 23.2 Å². The van der Waals surface area contributed by atoms with Gasteiger partial charge in [0.25, 0.3) is 5.91 Å². The molecule has 0 bridgehead atoms. The van der Waals surface area contributed by atoms with Crippen LogP contribution in [0, 0.1) is 5.92 Å². The summed E-state index contributed by atoms with van der Waals surface area (Å²) in [7, 11) is 0. The molecule has 0 saturated carbocycles. The Kier molecular flexibility index (Phi) is 8.09. The first-order valence-corrected chi connectivity index (χ1v) is 10.6. The highest BCUT2D eigenvalue weighted by molar-refractivity contribution is 6.36. The molecule has 2 aromatic carbocycles. The van der Waals surface area contributed by atoms with Crippen molar-refractivity contribution in [2.75, 3.05) is 19.7 Å². The molecular weight excluding hydrogens is 437 g/mol. The molecule has 31 heavy (non-hydrogen) atoms. The topological polar surface area (TPSA) is 71.0 Å². The van der Waals surface area contributed by atoms with E-state index in [-0.39, 0.29) is 17.7 Å². The maximum Gasteiger partial charge on any atom is 0.255 e. The molecule has 0 spiro atoms. The van der Waals surface area contributed by atoms with E-state index in [9.17, 15) is 9.59 Å². The van der Waals surface area contributed by atoms with Gasteiger partial charge >= 0.3 is 0 Å². The number of amides is 2. The molecule has 0 aliphatic carbocycles. The number of piperidine rings is 1. The van der Waals surface area contributed by atoms with Gasteiger partial charge in [0, 0.05) is 24.0 Å². The van der Waals surface area contributed by atoms with Crippen molar-refractivity contribution in [2.45, 2.75) is 12.8 Å². The number of hydrazone groups is 1. The van der Waals surface area contributed by atoms with Crippen molar-refractivity contribution in [2.24, 2.45) is 11.0 Å². The van der Waals surface area contributed by atoms with Gasteiger partial charge in [-0.05, 0) is 48.7 Å². The molecule has 0 atom stereocenters. The first kappa shape index (κ1) is 22.8. The van der Waals surface area contributed by atoms with Gasteiger partial charge in [-0.25, -0.2) is 5.43 Å². The Labute approximate surface area is 191 Å². The number of carbonyl (C=O) groups excluding carboxylic acids is 2. The zero-order valence-electron chi connectivity index (χ0n) is 16.9. The van der Waals surface area contributed by atoms with E-state index < -0.39 is 0 Å². The number of halogens is 2. The number of rotatable bonds is 7. The molecule has 1 saturated heterocycles. The van der Waals surface area contributed by atoms with Crippen molar-refractivity contribution in [1.29, 1.82) is 0 Å². The highest BCUT2D eigenvalue weighted by atomic mass is 35.5. The lowest BCUT2D eigenvalue weighted by Gasteiger charge is -2.31. The molecule has 162 valence electrons. The summed E-state index contributed by atoms with van der Waals surface area (Å²) in [6.07, 6.45) is 4.36. The van der Waals surface area contributed by atoms with E-state index in [2.05, 4.69) is 17.1 Å². The summed E-state index contributed by atoms with van der Waals surface area (Å²) < 4.78 is 5.48. The average molecular weight is 460 g/mol. The second kappa shape index (κ2) is 11.0. The second-order valence-electron chi connectivity index (χ2n) is 7.10. The van der Waals surface area contributed by atoms with Crippen molar-refractivity contribution >= 4 is 41.2 Å². The third kappa shape index (κ3) is 6.32. The van der Waals surface area contributed by atoms with Gasteiger partial charge in [0.05, 0.1) is 16.8 Å². The van der Waals surface area contributed by atoms with Gasteiger partial charge in [-0.3, -0.25) is 9.59 Å². The van der Waals surface area contributed by atoms with Crippen LogP contribution < -0.4 is 10.2 Å². The zero-order valence-corrected chi connectivity index (χ0v) is 18.4. The van der Waals surface area contributed by atoms with E-state index in [1.165, 1.54) is 0 Å². The normalized spacial score (nSPS) is 14.5. The van der Waals surface area contributed by atoms with Gasteiger partial charge in [-0.1, -0.05) is 48.0 Å². The lowest BCUT2D eigenvalue weighted by Crippen LogP contribution is -2.42. The fourth-order valence-corrected chi connectivity index (χ4v) is 3.77. The quantitative estimate of drug-likeness (QED) is 0.374. The molecular formula is C23H23Cl2N3O3. The number of ether oxygens (including phenoxy) is 1. The van der Waals surface area contributed by atoms with E-state index in [1.807, 2.05) is 24.3 Å². The van der Waals surface area contributed by atoms with Gasteiger partial charge in [0.2, 0.25) is 5.91 Å². The first-order chi connectivity index (χ1) is 15.0. The minimum absolute atomic E-state index is 0.155. The van der Waals surface area contributed by atoms with Crippen LogP contribution in [0.5, 0.6) is 5.75 Å². The lowest BCUT2D eigenvalue weighted by molar-refractivity contribution is -0.126. The van der Waals surface area contributed by atoms with Crippen LogP contribution in [0.1, 0.15) is 28.8 Å². The van der Waals surface area contributed by atoms with Gasteiger partial charge in [0.1, 0.15) is 12.4 Å². The first-order valence-electron chi connectivity index (χ1n) is 9.89. The van der Waals surface area contributed by atoms with Crippen molar-refractivity contribution in [3.63, 3.8) is 0 Å². The predicted octanol–water partition coefficient (Wildman–Crippen LogP) is 4.56. The molecule has 1 aliphatic heterocycles. The van der Waals surface area contributed by atoms with E-state index in [0.29, 0.717) is 53.9 Å². The molecule has 3 rings (SSSR count). The van der Waals surface area contributed by atoms with Crippen LogP contribution in [0.4, 0.5) is 0 Å². The van der Waals surface area contributed by atoms with Crippen molar-refractivity contribution in [3.8, 4) is 5.75 Å². The summed E-state index contributed by atoms with van der Waals surface area (Å²) >= 11 is 12.0. The average Bonchev–Trinajstić information content (AvgIpc) is 2.77. The molecule has 1 fully saturated rings. The summed E-state index contributed by atoms with van der Waals surface area (Å²) in [6, 6.07) is 12.2.